The topological polar surface area (TPSA) is 89.4 Å². The van der Waals surface area contributed by atoms with Crippen molar-refractivity contribution in [2.24, 2.45) is 17.0 Å². The molecule has 0 bridgehead atoms. The molecular formula is C30H40ClN5O2. The predicted molar refractivity (Wildman–Crippen MR) is 153 cm³/mol. The van der Waals surface area contributed by atoms with Crippen LogP contribution >= 0.6 is 11.6 Å². The Morgan fingerprint density at radius 1 is 0.947 bits per heavy atom. The Labute approximate surface area is 231 Å². The zero-order valence-electron chi connectivity index (χ0n) is 23.0. The number of likely N-dealkylation sites (N-methyl/N-ethyl adjacent to an activating group) is 2. The van der Waals surface area contributed by atoms with Gasteiger partial charge in [0.2, 0.25) is 11.8 Å². The lowest BCUT2D eigenvalue weighted by Crippen LogP contribution is -2.47. The van der Waals surface area contributed by atoms with Crippen LogP contribution in [0.25, 0.3) is 10.4 Å². The van der Waals surface area contributed by atoms with Crippen molar-refractivity contribution < 1.29 is 9.59 Å². The number of nitrogens with zero attached hydrogens (tertiary/aromatic N) is 5. The third-order valence-corrected chi connectivity index (χ3v) is 8.35. The Kier molecular flexibility index (Phi) is 10.2. The molecule has 0 radical (unpaired) electrons. The van der Waals surface area contributed by atoms with Crippen LogP contribution < -0.4 is 0 Å². The second kappa shape index (κ2) is 13.2. The molecule has 38 heavy (non-hydrogen) atoms. The zero-order valence-corrected chi connectivity index (χ0v) is 23.8. The molecule has 2 saturated carbocycles. The molecule has 2 amide bonds. The van der Waals surface area contributed by atoms with Crippen LogP contribution in [-0.2, 0) is 20.5 Å². The number of azide groups is 1. The summed E-state index contributed by atoms with van der Waals surface area (Å²) in [6, 6.07) is 19.5. The van der Waals surface area contributed by atoms with Gasteiger partial charge in [0.25, 0.3) is 0 Å². The Morgan fingerprint density at radius 3 is 1.89 bits per heavy atom. The molecule has 204 valence electrons. The minimum absolute atomic E-state index is 0.0750. The van der Waals surface area contributed by atoms with Crippen molar-refractivity contribution in [2.45, 2.75) is 57.9 Å². The lowest BCUT2D eigenvalue weighted by molar-refractivity contribution is -0.138. The van der Waals surface area contributed by atoms with Crippen LogP contribution in [0.5, 0.6) is 0 Å². The van der Waals surface area contributed by atoms with Gasteiger partial charge in [-0.15, -0.1) is 11.6 Å². The second-order valence-corrected chi connectivity index (χ2v) is 10.3. The van der Waals surface area contributed by atoms with E-state index < -0.39 is 5.54 Å². The van der Waals surface area contributed by atoms with Gasteiger partial charge in [0, 0.05) is 37.0 Å². The largest absolute Gasteiger partial charge is 0.342 e. The van der Waals surface area contributed by atoms with Gasteiger partial charge in [0.15, 0.2) is 5.54 Å². The highest BCUT2D eigenvalue weighted by molar-refractivity contribution is 6.18. The van der Waals surface area contributed by atoms with E-state index in [1.165, 1.54) is 0 Å². The van der Waals surface area contributed by atoms with E-state index in [0.717, 1.165) is 43.5 Å². The maximum absolute atomic E-state index is 13.0. The summed E-state index contributed by atoms with van der Waals surface area (Å²) in [7, 11) is 0. The summed E-state index contributed by atoms with van der Waals surface area (Å²) in [6.07, 6.45) is 2.75. The van der Waals surface area contributed by atoms with Crippen LogP contribution in [0.15, 0.2) is 65.8 Å². The molecule has 4 rings (SSSR count). The first-order chi connectivity index (χ1) is 18.4. The molecular weight excluding hydrogens is 498 g/mol. The van der Waals surface area contributed by atoms with Crippen molar-refractivity contribution in [1.82, 2.24) is 9.80 Å². The smallest absolute Gasteiger partial charge is 0.239 e. The molecule has 7 nitrogen and oxygen atoms in total. The Morgan fingerprint density at radius 2 is 1.47 bits per heavy atom. The molecule has 2 aliphatic rings. The molecule has 0 N–H and O–H groups in total. The van der Waals surface area contributed by atoms with Gasteiger partial charge in [0.1, 0.15) is 0 Å². The van der Waals surface area contributed by atoms with Gasteiger partial charge in [-0.3, -0.25) is 9.59 Å². The van der Waals surface area contributed by atoms with Gasteiger partial charge in [-0.05, 0) is 75.5 Å². The van der Waals surface area contributed by atoms with Gasteiger partial charge in [-0.25, -0.2) is 0 Å². The summed E-state index contributed by atoms with van der Waals surface area (Å²) >= 11 is 6.00. The molecule has 0 aromatic heterocycles. The molecule has 3 atom stereocenters. The maximum atomic E-state index is 13.0. The molecule has 2 aromatic carbocycles. The summed E-state index contributed by atoms with van der Waals surface area (Å²) in [6.45, 7) is 10.7. The highest BCUT2D eigenvalue weighted by atomic mass is 35.5. The highest BCUT2D eigenvalue weighted by Gasteiger charge is 2.61. The van der Waals surface area contributed by atoms with Gasteiger partial charge < -0.3 is 9.80 Å². The Hall–Kier alpha value is -3.02. The van der Waals surface area contributed by atoms with E-state index in [1.807, 2.05) is 93.3 Å². The summed E-state index contributed by atoms with van der Waals surface area (Å²) < 4.78 is 0. The molecule has 0 aliphatic heterocycles. The van der Waals surface area contributed by atoms with E-state index >= 15 is 0 Å². The summed E-state index contributed by atoms with van der Waals surface area (Å²) in [5, 5.41) is 3.99. The van der Waals surface area contributed by atoms with Crippen LogP contribution in [0.3, 0.4) is 0 Å². The number of carbonyl (C=O) groups is 2. The fourth-order valence-electron chi connectivity index (χ4n) is 5.52. The molecule has 2 aliphatic carbocycles. The van der Waals surface area contributed by atoms with Crippen molar-refractivity contribution in [3.8, 4) is 0 Å². The number of hydrogen-bond donors (Lipinski definition) is 0. The van der Waals surface area contributed by atoms with Crippen LogP contribution in [0.4, 0.5) is 0 Å². The van der Waals surface area contributed by atoms with Crippen molar-refractivity contribution in [2.75, 3.05) is 32.1 Å². The van der Waals surface area contributed by atoms with Crippen LogP contribution in [0.1, 0.15) is 58.1 Å². The van der Waals surface area contributed by atoms with Crippen LogP contribution in [0, 0.1) is 11.8 Å². The predicted octanol–water partition coefficient (Wildman–Crippen LogP) is 6.52. The number of rotatable bonds is 11. The second-order valence-electron chi connectivity index (χ2n) is 9.94. The first kappa shape index (κ1) is 29.5. The van der Waals surface area contributed by atoms with Crippen LogP contribution in [0.2, 0.25) is 0 Å². The molecule has 0 saturated heterocycles. The normalized spacial score (nSPS) is 21.1. The van der Waals surface area contributed by atoms with Crippen molar-refractivity contribution in [1.29, 1.82) is 0 Å². The van der Waals surface area contributed by atoms with E-state index in [2.05, 4.69) is 10.0 Å². The van der Waals surface area contributed by atoms with Crippen molar-refractivity contribution in [3.63, 3.8) is 0 Å². The number of hydrogen-bond acceptors (Lipinski definition) is 3. The van der Waals surface area contributed by atoms with E-state index in [4.69, 9.17) is 17.1 Å². The minimum Gasteiger partial charge on any atom is -0.342 e. The third-order valence-electron chi connectivity index (χ3n) is 7.97. The fourth-order valence-corrected chi connectivity index (χ4v) is 5.89. The van der Waals surface area contributed by atoms with Crippen molar-refractivity contribution in [3.05, 3.63) is 82.2 Å². The lowest BCUT2D eigenvalue weighted by atomic mass is 9.84. The molecule has 0 heterocycles. The third kappa shape index (κ3) is 5.69. The monoisotopic (exact) mass is 537 g/mol. The number of amides is 2. The Bertz CT molecular complexity index is 1110. The average Bonchev–Trinajstić information content (AvgIpc) is 3.89. The minimum atomic E-state index is -1.07. The van der Waals surface area contributed by atoms with E-state index in [0.29, 0.717) is 19.0 Å². The fraction of sp³-hybridized carbons (Fsp3) is 0.533. The number of alkyl halides is 1. The van der Waals surface area contributed by atoms with Gasteiger partial charge in [-0.1, -0.05) is 65.8 Å². The number of carbonyl (C=O) groups excluding carboxylic acids is 2. The average molecular weight is 538 g/mol. The van der Waals surface area contributed by atoms with Crippen LogP contribution in [-0.4, -0.2) is 53.7 Å². The number of halogens is 1. The van der Waals surface area contributed by atoms with E-state index in [-0.39, 0.29) is 29.1 Å². The van der Waals surface area contributed by atoms with Gasteiger partial charge in [0.05, 0.1) is 5.41 Å². The Balaban J connectivity index is 0.000000212. The zero-order chi connectivity index (χ0) is 27.8. The summed E-state index contributed by atoms with van der Waals surface area (Å²) in [5.74, 6) is 1.13. The summed E-state index contributed by atoms with van der Waals surface area (Å²) in [4.78, 5) is 32.3. The first-order valence-corrected chi connectivity index (χ1v) is 14.3. The van der Waals surface area contributed by atoms with Crippen molar-refractivity contribution >= 4 is 23.4 Å². The van der Waals surface area contributed by atoms with E-state index in [1.54, 1.807) is 4.90 Å². The molecule has 2 aromatic rings. The van der Waals surface area contributed by atoms with Gasteiger partial charge in [-0.2, -0.15) is 0 Å². The number of benzene rings is 2. The highest BCUT2D eigenvalue weighted by Crippen LogP contribution is 2.56. The molecule has 3 unspecified atom stereocenters. The lowest BCUT2D eigenvalue weighted by Gasteiger charge is -2.33. The van der Waals surface area contributed by atoms with Gasteiger partial charge >= 0.3 is 0 Å². The summed E-state index contributed by atoms with van der Waals surface area (Å²) in [5.41, 5.74) is 9.51. The molecule has 0 spiro atoms. The SMILES string of the molecule is CCN(CC)C(=O)C(N=[N+]=[N-])(c1ccccc1)C1CC1.CCN(CC)C(=O)C1(c2ccccc2)CC1CCl. The maximum Gasteiger partial charge on any atom is 0.239 e. The molecule has 8 heteroatoms. The molecule has 2 fully saturated rings. The standard InChI is InChI=1S/C15H20ClNO.C15H20N4O/c1-3-17(4-2)14(18)15(10-13(15)11-16)12-8-6-5-7-9-12;1-3-19(4-2)14(20)15(17-18-16,13-10-11-13)12-8-6-5-7-9-12/h5-9,13H,3-4,10-11H2,1-2H3;5-9,13H,3-4,10-11H2,1-2H3. The quantitative estimate of drug-likeness (QED) is 0.141. The first-order valence-electron chi connectivity index (χ1n) is 13.7. The van der Waals surface area contributed by atoms with E-state index in [9.17, 15) is 9.59 Å².